The van der Waals surface area contributed by atoms with Crippen LogP contribution in [0.2, 0.25) is 0 Å². The number of nitrogen functional groups attached to an aromatic ring is 1. The van der Waals surface area contributed by atoms with E-state index in [1.54, 1.807) is 6.07 Å². The van der Waals surface area contributed by atoms with Gasteiger partial charge in [-0.3, -0.25) is 0 Å². The largest absolute Gasteiger partial charge is 0.396 e. The maximum absolute atomic E-state index is 12.9. The molecule has 14 heavy (non-hydrogen) atoms. The Morgan fingerprint density at radius 3 is 2.79 bits per heavy atom. The van der Waals surface area contributed by atoms with E-state index in [1.165, 1.54) is 23.9 Å². The van der Waals surface area contributed by atoms with Gasteiger partial charge in [0.1, 0.15) is 5.82 Å². The van der Waals surface area contributed by atoms with Gasteiger partial charge < -0.3 is 15.9 Å². The van der Waals surface area contributed by atoms with Crippen molar-refractivity contribution in [3.63, 3.8) is 0 Å². The molecule has 3 nitrogen and oxygen atoms in total. The summed E-state index contributed by atoms with van der Waals surface area (Å²) >= 11 is 1.27. The highest BCUT2D eigenvalue weighted by Crippen LogP contribution is 2.22. The van der Waals surface area contributed by atoms with Crippen molar-refractivity contribution in [2.45, 2.75) is 11.0 Å². The molecule has 4 N–H and O–H groups in total. The zero-order valence-electron chi connectivity index (χ0n) is 7.48. The molecule has 0 fully saturated rings. The van der Waals surface area contributed by atoms with Crippen LogP contribution < -0.4 is 5.73 Å². The van der Waals surface area contributed by atoms with Crippen molar-refractivity contribution in [2.75, 3.05) is 18.1 Å². The molecule has 1 aromatic rings. The second-order valence-electron chi connectivity index (χ2n) is 2.83. The third-order valence-electron chi connectivity index (χ3n) is 1.63. The molecular formula is C9H12FNO2S. The number of aliphatic hydroxyl groups excluding tert-OH is 2. The average molecular weight is 217 g/mol. The number of aliphatic hydroxyl groups is 2. The number of hydrogen-bond donors (Lipinski definition) is 3. The summed E-state index contributed by atoms with van der Waals surface area (Å²) in [6.45, 7) is -0.287. The smallest absolute Gasteiger partial charge is 0.147 e. The molecule has 5 heteroatoms. The normalized spacial score (nSPS) is 12.8. The average Bonchev–Trinajstić information content (AvgIpc) is 2.19. The Kier molecular flexibility index (Phi) is 4.19. The maximum atomic E-state index is 12.9. The summed E-state index contributed by atoms with van der Waals surface area (Å²) in [4.78, 5) is 0.684. The minimum Gasteiger partial charge on any atom is -0.396 e. The molecule has 1 atom stereocenters. The molecule has 0 saturated heterocycles. The molecule has 1 unspecified atom stereocenters. The van der Waals surface area contributed by atoms with E-state index < -0.39 is 11.9 Å². The van der Waals surface area contributed by atoms with Crippen molar-refractivity contribution >= 4 is 17.4 Å². The minimum absolute atomic E-state index is 0.108. The van der Waals surface area contributed by atoms with Gasteiger partial charge in [0.2, 0.25) is 0 Å². The predicted molar refractivity (Wildman–Crippen MR) is 54.6 cm³/mol. The zero-order valence-corrected chi connectivity index (χ0v) is 8.30. The summed E-state index contributed by atoms with van der Waals surface area (Å²) in [5.41, 5.74) is 5.41. The lowest BCUT2D eigenvalue weighted by Gasteiger charge is -2.06. The molecule has 0 aliphatic rings. The van der Waals surface area contributed by atoms with E-state index in [0.717, 1.165) is 0 Å². The molecule has 0 aromatic heterocycles. The standard InChI is InChI=1S/C9H12FNO2S/c10-8-3-7(1-2-9(8)11)14-5-6(13)4-12/h1-3,6,12-13H,4-5,11H2. The molecule has 0 saturated carbocycles. The van der Waals surface area contributed by atoms with Crippen LogP contribution in [0.25, 0.3) is 0 Å². The lowest BCUT2D eigenvalue weighted by Crippen LogP contribution is -2.14. The van der Waals surface area contributed by atoms with Gasteiger partial charge in [0, 0.05) is 10.6 Å². The number of benzene rings is 1. The summed E-state index contributed by atoms with van der Waals surface area (Å²) in [5.74, 6) is -0.131. The van der Waals surface area contributed by atoms with Gasteiger partial charge in [-0.05, 0) is 18.2 Å². The van der Waals surface area contributed by atoms with Gasteiger partial charge in [0.15, 0.2) is 0 Å². The first-order valence-corrected chi connectivity index (χ1v) is 5.09. The first kappa shape index (κ1) is 11.3. The van der Waals surface area contributed by atoms with Crippen LogP contribution in [0.1, 0.15) is 0 Å². The Morgan fingerprint density at radius 1 is 1.50 bits per heavy atom. The quantitative estimate of drug-likeness (QED) is 0.517. The molecule has 78 valence electrons. The molecule has 0 spiro atoms. The Hall–Kier alpha value is -0.780. The van der Waals surface area contributed by atoms with Crippen LogP contribution in [0.15, 0.2) is 23.1 Å². The zero-order chi connectivity index (χ0) is 10.6. The molecule has 0 bridgehead atoms. The van der Waals surface area contributed by atoms with E-state index in [1.807, 2.05) is 0 Å². The van der Waals surface area contributed by atoms with Crippen LogP contribution in [-0.2, 0) is 0 Å². The van der Waals surface area contributed by atoms with Crippen LogP contribution in [0.5, 0.6) is 0 Å². The lowest BCUT2D eigenvalue weighted by molar-refractivity contribution is 0.113. The third kappa shape index (κ3) is 3.17. The van der Waals surface area contributed by atoms with Crippen molar-refractivity contribution in [1.82, 2.24) is 0 Å². The summed E-state index contributed by atoms with van der Waals surface area (Å²) in [6, 6.07) is 4.46. The van der Waals surface area contributed by atoms with Gasteiger partial charge in [0.05, 0.1) is 18.4 Å². The van der Waals surface area contributed by atoms with Gasteiger partial charge in [-0.15, -0.1) is 11.8 Å². The maximum Gasteiger partial charge on any atom is 0.147 e. The Balaban J connectivity index is 2.55. The van der Waals surface area contributed by atoms with Crippen molar-refractivity contribution in [3.05, 3.63) is 24.0 Å². The van der Waals surface area contributed by atoms with E-state index in [2.05, 4.69) is 0 Å². The highest BCUT2D eigenvalue weighted by atomic mass is 32.2. The van der Waals surface area contributed by atoms with Gasteiger partial charge >= 0.3 is 0 Å². The van der Waals surface area contributed by atoms with Crippen molar-refractivity contribution in [2.24, 2.45) is 0 Å². The molecule has 0 aliphatic heterocycles. The highest BCUT2D eigenvalue weighted by Gasteiger charge is 2.04. The summed E-state index contributed by atoms with van der Waals surface area (Å²) < 4.78 is 12.9. The van der Waals surface area contributed by atoms with Crippen LogP contribution in [-0.4, -0.2) is 28.7 Å². The fourth-order valence-electron chi connectivity index (χ4n) is 0.843. The number of nitrogens with two attached hydrogens (primary N) is 1. The number of hydrogen-bond acceptors (Lipinski definition) is 4. The molecule has 1 aromatic carbocycles. The van der Waals surface area contributed by atoms with Gasteiger partial charge in [-0.25, -0.2) is 4.39 Å². The van der Waals surface area contributed by atoms with Gasteiger partial charge in [-0.1, -0.05) is 0 Å². The lowest BCUT2D eigenvalue weighted by atomic mass is 10.3. The molecular weight excluding hydrogens is 205 g/mol. The van der Waals surface area contributed by atoms with E-state index in [-0.39, 0.29) is 12.3 Å². The number of anilines is 1. The monoisotopic (exact) mass is 217 g/mol. The van der Waals surface area contributed by atoms with E-state index >= 15 is 0 Å². The van der Waals surface area contributed by atoms with Crippen LogP contribution in [0.4, 0.5) is 10.1 Å². The molecule has 1 rings (SSSR count). The highest BCUT2D eigenvalue weighted by molar-refractivity contribution is 7.99. The van der Waals surface area contributed by atoms with Crippen molar-refractivity contribution in [3.8, 4) is 0 Å². The van der Waals surface area contributed by atoms with Crippen molar-refractivity contribution < 1.29 is 14.6 Å². The SMILES string of the molecule is Nc1ccc(SCC(O)CO)cc1F. The third-order valence-corrected chi connectivity index (χ3v) is 2.76. The van der Waals surface area contributed by atoms with Crippen LogP contribution >= 0.6 is 11.8 Å². The molecule has 0 amide bonds. The van der Waals surface area contributed by atoms with Crippen LogP contribution in [0, 0.1) is 5.82 Å². The first-order chi connectivity index (χ1) is 6.63. The second-order valence-corrected chi connectivity index (χ2v) is 3.92. The summed E-state index contributed by atoms with van der Waals surface area (Å²) in [7, 11) is 0. The summed E-state index contributed by atoms with van der Waals surface area (Å²) in [6.07, 6.45) is -0.777. The topological polar surface area (TPSA) is 66.5 Å². The molecule has 0 heterocycles. The molecule has 0 aliphatic carbocycles. The number of rotatable bonds is 4. The fourth-order valence-corrected chi connectivity index (χ4v) is 1.68. The van der Waals surface area contributed by atoms with E-state index in [0.29, 0.717) is 10.6 Å². The summed E-state index contributed by atoms with van der Waals surface area (Å²) in [5, 5.41) is 17.6. The minimum atomic E-state index is -0.777. The van der Waals surface area contributed by atoms with Gasteiger partial charge in [0.25, 0.3) is 0 Å². The number of halogens is 1. The fraction of sp³-hybridized carbons (Fsp3) is 0.333. The molecule has 0 radical (unpaired) electrons. The van der Waals surface area contributed by atoms with E-state index in [9.17, 15) is 4.39 Å². The Labute approximate surface area is 85.7 Å². The predicted octanol–water partition coefficient (Wildman–Crippen LogP) is 0.853. The Bertz CT molecular complexity index is 309. The second kappa shape index (κ2) is 5.19. The number of thioether (sulfide) groups is 1. The first-order valence-electron chi connectivity index (χ1n) is 4.10. The van der Waals surface area contributed by atoms with Crippen LogP contribution in [0.3, 0.4) is 0 Å². The van der Waals surface area contributed by atoms with Crippen molar-refractivity contribution in [1.29, 1.82) is 0 Å². The van der Waals surface area contributed by atoms with E-state index in [4.69, 9.17) is 15.9 Å². The van der Waals surface area contributed by atoms with Gasteiger partial charge in [-0.2, -0.15) is 0 Å². The Morgan fingerprint density at radius 2 is 2.21 bits per heavy atom.